The van der Waals surface area contributed by atoms with Gasteiger partial charge in [-0.1, -0.05) is 17.3 Å². The van der Waals surface area contributed by atoms with Gasteiger partial charge < -0.3 is 18.9 Å². The third kappa shape index (κ3) is 2.84. The first-order chi connectivity index (χ1) is 10.1. The number of rotatable bonds is 3. The zero-order valence-electron chi connectivity index (χ0n) is 11.9. The van der Waals surface area contributed by atoms with Gasteiger partial charge in [0.15, 0.2) is 11.5 Å². The predicted molar refractivity (Wildman–Crippen MR) is 74.1 cm³/mol. The van der Waals surface area contributed by atoms with E-state index in [1.54, 1.807) is 24.1 Å². The van der Waals surface area contributed by atoms with Gasteiger partial charge in [0, 0.05) is 13.1 Å². The monoisotopic (exact) mass is 288 g/mol. The molecule has 110 valence electrons. The minimum Gasteiger partial charge on any atom is -0.485 e. The lowest BCUT2D eigenvalue weighted by atomic mass is 10.2. The highest BCUT2D eigenvalue weighted by Gasteiger charge is 2.29. The second-order valence-electron chi connectivity index (χ2n) is 4.99. The maximum Gasteiger partial charge on any atom is 0.267 e. The summed E-state index contributed by atoms with van der Waals surface area (Å²) in [7, 11) is 1.70. The van der Waals surface area contributed by atoms with Crippen molar-refractivity contribution in [2.75, 3.05) is 13.7 Å². The molecule has 3 rings (SSSR count). The summed E-state index contributed by atoms with van der Waals surface area (Å²) in [5.41, 5.74) is 0.709. The van der Waals surface area contributed by atoms with Gasteiger partial charge in [-0.2, -0.15) is 0 Å². The quantitative estimate of drug-likeness (QED) is 0.861. The molecule has 1 aromatic heterocycles. The molecule has 1 aromatic carbocycles. The fourth-order valence-corrected chi connectivity index (χ4v) is 2.20. The van der Waals surface area contributed by atoms with Crippen molar-refractivity contribution in [1.29, 1.82) is 0 Å². The fraction of sp³-hybridized carbons (Fsp3) is 0.333. The molecule has 1 amide bonds. The molecule has 6 heteroatoms. The van der Waals surface area contributed by atoms with Crippen LogP contribution in [0.1, 0.15) is 11.5 Å². The number of aryl methyl sites for hydroxylation is 1. The fourth-order valence-electron chi connectivity index (χ4n) is 2.20. The number of likely N-dealkylation sites (N-methyl/N-ethyl adjacent to an activating group) is 1. The zero-order chi connectivity index (χ0) is 14.8. The Labute approximate surface area is 122 Å². The Morgan fingerprint density at radius 1 is 1.38 bits per heavy atom. The van der Waals surface area contributed by atoms with Crippen LogP contribution in [0.25, 0.3) is 0 Å². The molecule has 0 radical (unpaired) electrons. The first-order valence-electron chi connectivity index (χ1n) is 6.69. The van der Waals surface area contributed by atoms with Crippen LogP contribution in [0.4, 0.5) is 0 Å². The van der Waals surface area contributed by atoms with E-state index in [1.807, 2.05) is 25.1 Å². The minimum atomic E-state index is -0.641. The van der Waals surface area contributed by atoms with Gasteiger partial charge in [-0.3, -0.25) is 4.79 Å². The number of hydrogen-bond acceptors (Lipinski definition) is 5. The molecule has 0 saturated carbocycles. The summed E-state index contributed by atoms with van der Waals surface area (Å²) in [5, 5.41) is 3.88. The van der Waals surface area contributed by atoms with Gasteiger partial charge in [-0.25, -0.2) is 0 Å². The second-order valence-corrected chi connectivity index (χ2v) is 4.99. The predicted octanol–water partition coefficient (Wildman–Crippen LogP) is 1.78. The first-order valence-corrected chi connectivity index (χ1v) is 6.69. The van der Waals surface area contributed by atoms with Crippen molar-refractivity contribution in [3.05, 3.63) is 41.8 Å². The first kappa shape index (κ1) is 13.5. The minimum absolute atomic E-state index is 0.148. The summed E-state index contributed by atoms with van der Waals surface area (Å²) in [4.78, 5) is 13.9. The van der Waals surface area contributed by atoms with Crippen molar-refractivity contribution in [2.45, 2.75) is 19.6 Å². The Morgan fingerprint density at radius 3 is 2.86 bits per heavy atom. The van der Waals surface area contributed by atoms with Crippen LogP contribution >= 0.6 is 0 Å². The number of ether oxygens (including phenoxy) is 2. The molecular weight excluding hydrogens is 272 g/mol. The van der Waals surface area contributed by atoms with E-state index in [4.69, 9.17) is 14.0 Å². The van der Waals surface area contributed by atoms with Crippen molar-refractivity contribution < 1.29 is 18.8 Å². The van der Waals surface area contributed by atoms with Crippen LogP contribution < -0.4 is 9.47 Å². The zero-order valence-corrected chi connectivity index (χ0v) is 11.9. The van der Waals surface area contributed by atoms with Crippen LogP contribution in [-0.2, 0) is 11.3 Å². The third-order valence-corrected chi connectivity index (χ3v) is 3.24. The molecule has 0 bridgehead atoms. The molecule has 0 aliphatic carbocycles. The summed E-state index contributed by atoms with van der Waals surface area (Å²) in [6, 6.07) is 9.12. The normalized spacial score (nSPS) is 16.6. The SMILES string of the molecule is Cc1cc(CN(C)C(=O)[C@@H]2COc3ccccc3O2)no1. The highest BCUT2D eigenvalue weighted by atomic mass is 16.6. The van der Waals surface area contributed by atoms with E-state index >= 15 is 0 Å². The van der Waals surface area contributed by atoms with Gasteiger partial charge in [0.2, 0.25) is 6.10 Å². The highest BCUT2D eigenvalue weighted by Crippen LogP contribution is 2.31. The van der Waals surface area contributed by atoms with E-state index < -0.39 is 6.10 Å². The Hall–Kier alpha value is -2.50. The number of aromatic nitrogens is 1. The Morgan fingerprint density at radius 2 is 2.14 bits per heavy atom. The number of para-hydroxylation sites is 2. The number of hydrogen-bond donors (Lipinski definition) is 0. The second kappa shape index (κ2) is 5.47. The lowest BCUT2D eigenvalue weighted by Crippen LogP contribution is -2.44. The highest BCUT2D eigenvalue weighted by molar-refractivity contribution is 5.81. The summed E-state index contributed by atoms with van der Waals surface area (Å²) in [5.74, 6) is 1.83. The number of nitrogens with zero attached hydrogens (tertiary/aromatic N) is 2. The van der Waals surface area contributed by atoms with Crippen molar-refractivity contribution >= 4 is 5.91 Å². The third-order valence-electron chi connectivity index (χ3n) is 3.24. The summed E-state index contributed by atoms with van der Waals surface area (Å²) < 4.78 is 16.2. The largest absolute Gasteiger partial charge is 0.485 e. The van der Waals surface area contributed by atoms with Crippen LogP contribution in [-0.4, -0.2) is 35.7 Å². The van der Waals surface area contributed by atoms with Gasteiger partial charge in [0.1, 0.15) is 18.1 Å². The molecular formula is C15H16N2O4. The number of benzene rings is 1. The maximum absolute atomic E-state index is 12.4. The van der Waals surface area contributed by atoms with E-state index in [9.17, 15) is 4.79 Å². The average molecular weight is 288 g/mol. The molecule has 0 N–H and O–H groups in total. The molecule has 0 unspecified atom stereocenters. The van der Waals surface area contributed by atoms with Crippen LogP contribution in [0, 0.1) is 6.92 Å². The van der Waals surface area contributed by atoms with Crippen LogP contribution in [0.3, 0.4) is 0 Å². The van der Waals surface area contributed by atoms with E-state index in [1.165, 1.54) is 0 Å². The van der Waals surface area contributed by atoms with E-state index in [0.29, 0.717) is 23.7 Å². The van der Waals surface area contributed by atoms with Gasteiger partial charge in [0.25, 0.3) is 5.91 Å². The van der Waals surface area contributed by atoms with Gasteiger partial charge in [-0.05, 0) is 19.1 Å². The number of carbonyl (C=O) groups is 1. The average Bonchev–Trinajstić information content (AvgIpc) is 2.91. The van der Waals surface area contributed by atoms with Crippen LogP contribution in [0.15, 0.2) is 34.9 Å². The van der Waals surface area contributed by atoms with Gasteiger partial charge in [-0.15, -0.1) is 0 Å². The van der Waals surface area contributed by atoms with Crippen molar-refractivity contribution in [3.63, 3.8) is 0 Å². The van der Waals surface area contributed by atoms with Crippen molar-refractivity contribution in [1.82, 2.24) is 10.1 Å². The molecule has 1 aliphatic rings. The smallest absolute Gasteiger partial charge is 0.267 e. The van der Waals surface area contributed by atoms with Crippen molar-refractivity contribution in [3.8, 4) is 11.5 Å². The topological polar surface area (TPSA) is 64.8 Å². The molecule has 0 spiro atoms. The van der Waals surface area contributed by atoms with E-state index in [0.717, 1.165) is 5.76 Å². The van der Waals surface area contributed by atoms with Crippen LogP contribution in [0.2, 0.25) is 0 Å². The van der Waals surface area contributed by atoms with Crippen molar-refractivity contribution in [2.24, 2.45) is 0 Å². The molecule has 0 saturated heterocycles. The van der Waals surface area contributed by atoms with Crippen LogP contribution in [0.5, 0.6) is 11.5 Å². The van der Waals surface area contributed by atoms with Gasteiger partial charge in [0.05, 0.1) is 6.54 Å². The van der Waals surface area contributed by atoms with E-state index in [2.05, 4.69) is 5.16 Å². The number of amides is 1. The Balaban J connectivity index is 1.66. The summed E-state index contributed by atoms with van der Waals surface area (Å²) in [6.07, 6.45) is -0.641. The molecule has 0 fully saturated rings. The number of fused-ring (bicyclic) bond motifs is 1. The molecule has 2 heterocycles. The van der Waals surface area contributed by atoms with Gasteiger partial charge >= 0.3 is 0 Å². The molecule has 21 heavy (non-hydrogen) atoms. The van der Waals surface area contributed by atoms with E-state index in [-0.39, 0.29) is 12.5 Å². The Bertz CT molecular complexity index is 653. The number of carbonyl (C=O) groups excluding carboxylic acids is 1. The molecule has 1 atom stereocenters. The Kier molecular flexibility index (Phi) is 3.51. The molecule has 6 nitrogen and oxygen atoms in total. The molecule has 1 aliphatic heterocycles. The molecule has 2 aromatic rings. The lowest BCUT2D eigenvalue weighted by molar-refractivity contribution is -0.140. The lowest BCUT2D eigenvalue weighted by Gasteiger charge is -2.28. The standard InChI is InChI=1S/C15H16N2O4/c1-10-7-11(16-21-10)8-17(2)15(18)14-9-19-12-5-3-4-6-13(12)20-14/h3-7,14H,8-9H2,1-2H3/t14-/m0/s1. The maximum atomic E-state index is 12.4. The summed E-state index contributed by atoms with van der Waals surface area (Å²) >= 11 is 0. The summed E-state index contributed by atoms with van der Waals surface area (Å²) in [6.45, 7) is 2.39.